The highest BCUT2D eigenvalue weighted by atomic mass is 14.9. The zero-order valence-electron chi connectivity index (χ0n) is 35.0. The van der Waals surface area contributed by atoms with Gasteiger partial charge in [-0.1, -0.05) is 240 Å². The fourth-order valence-electron chi connectivity index (χ4n) is 7.84. The average Bonchev–Trinajstić information content (AvgIpc) is 3.13. The van der Waals surface area contributed by atoms with Crippen LogP contribution in [0.25, 0.3) is 0 Å². The summed E-state index contributed by atoms with van der Waals surface area (Å²) in [5.41, 5.74) is 4.35. The van der Waals surface area contributed by atoms with E-state index < -0.39 is 0 Å². The number of hydrogen-bond donors (Lipinski definition) is 0. The van der Waals surface area contributed by atoms with Gasteiger partial charge in [0.1, 0.15) is 5.82 Å². The van der Waals surface area contributed by atoms with E-state index >= 15 is 0 Å². The van der Waals surface area contributed by atoms with Crippen molar-refractivity contribution in [3.8, 4) is 0 Å². The minimum absolute atomic E-state index is 0.978. The lowest BCUT2D eigenvalue weighted by Gasteiger charge is -2.16. The highest BCUT2D eigenvalue weighted by Gasteiger charge is 2.14. The predicted octanol–water partition coefficient (Wildman–Crippen LogP) is 16.8. The molecule has 1 aromatic heterocycles. The fourth-order valence-corrected chi connectivity index (χ4v) is 7.84. The van der Waals surface area contributed by atoms with E-state index in [0.717, 1.165) is 18.7 Å². The molecule has 1 heterocycles. The van der Waals surface area contributed by atoms with Gasteiger partial charge in [0.05, 0.1) is 0 Å². The molecule has 1 radical (unpaired) electrons. The van der Waals surface area contributed by atoms with Crippen molar-refractivity contribution >= 4 is 0 Å². The molecule has 1 aromatic rings. The van der Waals surface area contributed by atoms with Crippen LogP contribution in [0.3, 0.4) is 0 Å². The third-order valence-corrected chi connectivity index (χ3v) is 11.3. The van der Waals surface area contributed by atoms with E-state index in [1.807, 2.05) is 0 Å². The molecule has 2 nitrogen and oxygen atoms in total. The maximum Gasteiger partial charge on any atom is 0.132 e. The van der Waals surface area contributed by atoms with E-state index in [-0.39, 0.29) is 0 Å². The zero-order chi connectivity index (χ0) is 36.0. The first-order valence-corrected chi connectivity index (χ1v) is 23.4. The lowest BCUT2D eigenvalue weighted by Crippen LogP contribution is -2.10. The van der Waals surface area contributed by atoms with Gasteiger partial charge < -0.3 is 0 Å². The summed E-state index contributed by atoms with van der Waals surface area (Å²) in [5.74, 6) is 0.978. The second-order valence-corrected chi connectivity index (χ2v) is 16.2. The molecule has 0 spiro atoms. The Morgan fingerprint density at radius 3 is 0.760 bits per heavy atom. The summed E-state index contributed by atoms with van der Waals surface area (Å²) >= 11 is 0. The molecule has 0 unspecified atom stereocenters. The Bertz CT molecular complexity index is 767. The molecule has 1 rings (SSSR count). The van der Waals surface area contributed by atoms with E-state index in [0.29, 0.717) is 0 Å². The van der Waals surface area contributed by atoms with Crippen LogP contribution in [0, 0.1) is 6.42 Å². The van der Waals surface area contributed by atoms with Crippen LogP contribution in [0.1, 0.15) is 282 Å². The molecule has 0 amide bonds. The third kappa shape index (κ3) is 28.6. The molecule has 0 saturated heterocycles. The molecule has 0 bridgehead atoms. The molecule has 0 aromatic carbocycles. The summed E-state index contributed by atoms with van der Waals surface area (Å²) < 4.78 is 0. The zero-order valence-corrected chi connectivity index (χ0v) is 35.0. The largest absolute Gasteiger partial charge is 0.237 e. The summed E-state index contributed by atoms with van der Waals surface area (Å²) in [4.78, 5) is 10.3. The number of hydrogen-bond acceptors (Lipinski definition) is 2. The van der Waals surface area contributed by atoms with Crippen molar-refractivity contribution in [2.75, 3.05) is 0 Å². The predicted molar refractivity (Wildman–Crippen MR) is 225 cm³/mol. The van der Waals surface area contributed by atoms with Gasteiger partial charge in [0.15, 0.2) is 0 Å². The molecule has 0 saturated carbocycles. The Morgan fingerprint density at radius 2 is 0.520 bits per heavy atom. The first kappa shape index (κ1) is 47.1. The fraction of sp³-hybridized carbons (Fsp3) is 0.896. The maximum absolute atomic E-state index is 5.16. The lowest BCUT2D eigenvalue weighted by molar-refractivity contribution is 0.538. The molecule has 2 heteroatoms. The summed E-state index contributed by atoms with van der Waals surface area (Å²) in [5, 5.41) is 0. The van der Waals surface area contributed by atoms with Gasteiger partial charge in [0.25, 0.3) is 0 Å². The Hall–Kier alpha value is -0.920. The minimum atomic E-state index is 0.978. The van der Waals surface area contributed by atoms with E-state index in [1.54, 1.807) is 5.56 Å². The van der Waals surface area contributed by atoms with E-state index in [2.05, 4.69) is 34.1 Å². The smallest absolute Gasteiger partial charge is 0.132 e. The standard InChI is InChI=1S/C48H91N2/c1-5-9-12-15-18-21-24-27-30-33-36-39-42-45-46(43-40-37-34-31-28-25-22-19-16-13-10-6-2)49-48(8-4)50-47(45)44-41-38-35-32-29-26-23-20-17-14-11-7-3/h8H,5-7,9-44H2,1-4H3. The van der Waals surface area contributed by atoms with Crippen LogP contribution in [-0.2, 0) is 19.3 Å². The normalized spacial score (nSPS) is 11.6. The second kappa shape index (κ2) is 37.8. The molecule has 293 valence electrons. The second-order valence-electron chi connectivity index (χ2n) is 16.2. The first-order chi connectivity index (χ1) is 24.8. The molecule has 0 aliphatic carbocycles. The Morgan fingerprint density at radius 1 is 0.300 bits per heavy atom. The number of nitrogens with zero attached hydrogens (tertiary/aromatic N) is 2. The van der Waals surface area contributed by atoms with Crippen molar-refractivity contribution in [2.24, 2.45) is 0 Å². The number of aromatic nitrogens is 2. The monoisotopic (exact) mass is 696 g/mol. The number of aryl methyl sites for hydroxylation is 2. The molecular weight excluding hydrogens is 605 g/mol. The van der Waals surface area contributed by atoms with Gasteiger partial charge >= 0.3 is 0 Å². The van der Waals surface area contributed by atoms with Crippen molar-refractivity contribution in [2.45, 2.75) is 278 Å². The maximum atomic E-state index is 5.16. The first-order valence-electron chi connectivity index (χ1n) is 23.4. The minimum Gasteiger partial charge on any atom is -0.237 e. The SMILES string of the molecule is C[CH]c1nc(CCCCCCCCCCCCCC)c(CCCCCCCCCCCCCC)c(CCCCCCCCCCCCCC)n1. The van der Waals surface area contributed by atoms with Crippen LogP contribution in [-0.4, -0.2) is 9.97 Å². The third-order valence-electron chi connectivity index (χ3n) is 11.3. The number of unbranched alkanes of at least 4 members (excludes halogenated alkanes) is 33. The van der Waals surface area contributed by atoms with Crippen molar-refractivity contribution in [3.05, 3.63) is 29.2 Å². The van der Waals surface area contributed by atoms with E-state index in [9.17, 15) is 0 Å². The molecule has 0 aliphatic heterocycles. The van der Waals surface area contributed by atoms with Crippen LogP contribution >= 0.6 is 0 Å². The van der Waals surface area contributed by atoms with Crippen molar-refractivity contribution in [1.29, 1.82) is 0 Å². The molecule has 0 fully saturated rings. The van der Waals surface area contributed by atoms with Gasteiger partial charge in [0.2, 0.25) is 0 Å². The summed E-state index contributed by atoms with van der Waals surface area (Å²) in [6, 6.07) is 0. The highest BCUT2D eigenvalue weighted by molar-refractivity contribution is 5.28. The van der Waals surface area contributed by atoms with Gasteiger partial charge in [-0.3, -0.25) is 0 Å². The van der Waals surface area contributed by atoms with Gasteiger partial charge in [-0.2, -0.15) is 0 Å². The van der Waals surface area contributed by atoms with E-state index in [4.69, 9.17) is 9.97 Å². The quantitative estimate of drug-likeness (QED) is 0.0639. The van der Waals surface area contributed by atoms with Gasteiger partial charge in [-0.05, 0) is 44.1 Å². The highest BCUT2D eigenvalue weighted by Crippen LogP contribution is 2.23. The number of rotatable bonds is 40. The molecule has 0 atom stereocenters. The Balaban J connectivity index is 2.51. The summed E-state index contributed by atoms with van der Waals surface area (Å²) in [7, 11) is 0. The Labute approximate surface area is 316 Å². The lowest BCUT2D eigenvalue weighted by atomic mass is 9.96. The molecule has 50 heavy (non-hydrogen) atoms. The summed E-state index contributed by atoms with van der Waals surface area (Å²) in [6.07, 6.45) is 56.5. The topological polar surface area (TPSA) is 25.8 Å². The molecular formula is C48H91N2. The van der Waals surface area contributed by atoms with Crippen molar-refractivity contribution in [3.63, 3.8) is 0 Å². The van der Waals surface area contributed by atoms with Crippen LogP contribution in [0.4, 0.5) is 0 Å². The molecule has 0 N–H and O–H groups in total. The van der Waals surface area contributed by atoms with Crippen LogP contribution in [0.15, 0.2) is 0 Å². The van der Waals surface area contributed by atoms with Crippen LogP contribution < -0.4 is 0 Å². The Kier molecular flexibility index (Phi) is 35.6. The summed E-state index contributed by atoms with van der Waals surface area (Å²) in [6.45, 7) is 9.06. The van der Waals surface area contributed by atoms with Gasteiger partial charge in [-0.15, -0.1) is 0 Å². The van der Waals surface area contributed by atoms with Crippen LogP contribution in [0.2, 0.25) is 0 Å². The van der Waals surface area contributed by atoms with Gasteiger partial charge in [0, 0.05) is 17.8 Å². The van der Waals surface area contributed by atoms with E-state index in [1.165, 1.54) is 249 Å². The van der Waals surface area contributed by atoms with Crippen LogP contribution in [0.5, 0.6) is 0 Å². The average molecular weight is 696 g/mol. The molecule has 0 aliphatic rings. The van der Waals surface area contributed by atoms with Crippen molar-refractivity contribution in [1.82, 2.24) is 9.97 Å². The van der Waals surface area contributed by atoms with Gasteiger partial charge in [-0.25, -0.2) is 9.97 Å². The van der Waals surface area contributed by atoms with Crippen molar-refractivity contribution < 1.29 is 0 Å².